The first-order chi connectivity index (χ1) is 10.0. The summed E-state index contributed by atoms with van der Waals surface area (Å²) in [7, 11) is 0. The first kappa shape index (κ1) is 13.9. The lowest BCUT2D eigenvalue weighted by molar-refractivity contribution is 0.0652. The van der Waals surface area contributed by atoms with Gasteiger partial charge in [-0.1, -0.05) is 24.3 Å². The number of hydrogen-bond acceptors (Lipinski definition) is 2. The molecule has 2 aromatic rings. The lowest BCUT2D eigenvalue weighted by Crippen LogP contribution is -2.19. The predicted octanol–water partition coefficient (Wildman–Crippen LogP) is 4.32. The summed E-state index contributed by atoms with van der Waals surface area (Å²) < 4.78 is 44.0. The van der Waals surface area contributed by atoms with Crippen molar-refractivity contribution >= 4 is 0 Å². The van der Waals surface area contributed by atoms with Gasteiger partial charge in [-0.2, -0.15) is 0 Å². The van der Waals surface area contributed by atoms with Gasteiger partial charge in [-0.3, -0.25) is 0 Å². The largest absolute Gasteiger partial charge is 0.485 e. The highest BCUT2D eigenvalue weighted by atomic mass is 19.3. The van der Waals surface area contributed by atoms with Crippen LogP contribution in [-0.4, -0.2) is 5.11 Å². The van der Waals surface area contributed by atoms with Crippen LogP contribution in [0.1, 0.15) is 41.7 Å². The van der Waals surface area contributed by atoms with Crippen LogP contribution in [0.2, 0.25) is 0 Å². The van der Waals surface area contributed by atoms with Crippen LogP contribution in [0.25, 0.3) is 0 Å². The fraction of sp³-hybridized carbons (Fsp3) is 0.250. The molecule has 0 spiro atoms. The quantitative estimate of drug-likeness (QED) is 0.893. The standard InChI is InChI=1S/C16H13F3O2/c17-11-5-6-14-12(7-11)13(20)8-15(21-14)9-1-3-10(4-2-9)16(18)19/h1-7,13,15-16,20H,8H2. The summed E-state index contributed by atoms with van der Waals surface area (Å²) in [6.45, 7) is 0. The molecule has 2 unspecified atom stereocenters. The minimum Gasteiger partial charge on any atom is -0.485 e. The highest BCUT2D eigenvalue weighted by molar-refractivity contribution is 5.39. The van der Waals surface area contributed by atoms with Crippen molar-refractivity contribution in [3.05, 3.63) is 65.0 Å². The molecular formula is C16H13F3O2. The number of alkyl halides is 2. The van der Waals surface area contributed by atoms with Gasteiger partial charge >= 0.3 is 0 Å². The molecule has 2 aromatic carbocycles. The van der Waals surface area contributed by atoms with Gasteiger partial charge in [-0.25, -0.2) is 13.2 Å². The number of aliphatic hydroxyl groups excluding tert-OH is 1. The molecule has 2 atom stereocenters. The zero-order chi connectivity index (χ0) is 15.0. The van der Waals surface area contributed by atoms with E-state index >= 15 is 0 Å². The van der Waals surface area contributed by atoms with Crippen molar-refractivity contribution in [1.82, 2.24) is 0 Å². The number of hydrogen-bond donors (Lipinski definition) is 1. The fourth-order valence-corrected chi connectivity index (χ4v) is 2.48. The summed E-state index contributed by atoms with van der Waals surface area (Å²) in [5.41, 5.74) is 1.06. The zero-order valence-corrected chi connectivity index (χ0v) is 11.0. The maximum atomic E-state index is 13.2. The Morgan fingerprint density at radius 3 is 2.48 bits per heavy atom. The van der Waals surface area contributed by atoms with E-state index in [1.54, 1.807) is 12.1 Å². The Morgan fingerprint density at radius 2 is 1.81 bits per heavy atom. The van der Waals surface area contributed by atoms with E-state index in [2.05, 4.69) is 0 Å². The Bertz CT molecular complexity index is 640. The zero-order valence-electron chi connectivity index (χ0n) is 11.0. The molecule has 21 heavy (non-hydrogen) atoms. The molecule has 1 aliphatic rings. The lowest BCUT2D eigenvalue weighted by Gasteiger charge is -2.30. The van der Waals surface area contributed by atoms with Gasteiger partial charge in [-0.05, 0) is 23.8 Å². The fourth-order valence-electron chi connectivity index (χ4n) is 2.48. The topological polar surface area (TPSA) is 29.5 Å². The van der Waals surface area contributed by atoms with E-state index in [1.807, 2.05) is 0 Å². The van der Waals surface area contributed by atoms with Gasteiger partial charge in [0.2, 0.25) is 0 Å². The second-order valence-electron chi connectivity index (χ2n) is 5.01. The smallest absolute Gasteiger partial charge is 0.263 e. The van der Waals surface area contributed by atoms with Crippen LogP contribution < -0.4 is 4.74 Å². The molecule has 0 amide bonds. The third-order valence-electron chi connectivity index (χ3n) is 3.60. The van der Waals surface area contributed by atoms with Gasteiger partial charge < -0.3 is 9.84 Å². The van der Waals surface area contributed by atoms with Crippen molar-refractivity contribution in [2.45, 2.75) is 25.1 Å². The summed E-state index contributed by atoms with van der Waals surface area (Å²) in [5, 5.41) is 10.1. The van der Waals surface area contributed by atoms with Gasteiger partial charge in [0.15, 0.2) is 0 Å². The minimum absolute atomic E-state index is 0.0578. The maximum Gasteiger partial charge on any atom is 0.263 e. The second-order valence-corrected chi connectivity index (χ2v) is 5.01. The Balaban J connectivity index is 1.86. The first-order valence-electron chi connectivity index (χ1n) is 6.57. The highest BCUT2D eigenvalue weighted by Gasteiger charge is 2.28. The average Bonchev–Trinajstić information content (AvgIpc) is 2.48. The summed E-state index contributed by atoms with van der Waals surface area (Å²) in [5.74, 6) is -0.0192. The molecule has 1 N–H and O–H groups in total. The normalized spacial score (nSPS) is 21.0. The Morgan fingerprint density at radius 1 is 1.10 bits per heavy atom. The summed E-state index contributed by atoms with van der Waals surface area (Å²) in [4.78, 5) is 0. The molecule has 110 valence electrons. The van der Waals surface area contributed by atoms with Crippen LogP contribution in [-0.2, 0) is 0 Å². The minimum atomic E-state index is -2.51. The van der Waals surface area contributed by atoms with Crippen LogP contribution in [0, 0.1) is 5.82 Å². The number of aliphatic hydroxyl groups is 1. The van der Waals surface area contributed by atoms with E-state index in [0.29, 0.717) is 16.9 Å². The monoisotopic (exact) mass is 294 g/mol. The third-order valence-corrected chi connectivity index (χ3v) is 3.60. The highest BCUT2D eigenvalue weighted by Crippen LogP contribution is 2.41. The number of benzene rings is 2. The Hall–Kier alpha value is -2.01. The SMILES string of the molecule is OC1CC(c2ccc(C(F)F)cc2)Oc2ccc(F)cc21. The molecule has 0 aromatic heterocycles. The molecule has 5 heteroatoms. The Labute approximate surface area is 119 Å². The Kier molecular flexibility index (Phi) is 3.59. The first-order valence-corrected chi connectivity index (χ1v) is 6.57. The molecule has 0 saturated heterocycles. The molecule has 0 saturated carbocycles. The van der Waals surface area contributed by atoms with Crippen LogP contribution in [0.4, 0.5) is 13.2 Å². The lowest BCUT2D eigenvalue weighted by atomic mass is 9.94. The molecular weight excluding hydrogens is 281 g/mol. The summed E-state index contributed by atoms with van der Waals surface area (Å²) in [6, 6.07) is 9.78. The predicted molar refractivity (Wildman–Crippen MR) is 70.7 cm³/mol. The average molecular weight is 294 g/mol. The summed E-state index contributed by atoms with van der Waals surface area (Å²) in [6.07, 6.45) is -3.54. The van der Waals surface area contributed by atoms with Gasteiger partial charge in [0, 0.05) is 17.5 Å². The van der Waals surface area contributed by atoms with E-state index in [0.717, 1.165) is 0 Å². The van der Waals surface area contributed by atoms with E-state index in [9.17, 15) is 18.3 Å². The second kappa shape index (κ2) is 5.41. The molecule has 0 radical (unpaired) electrons. The van der Waals surface area contributed by atoms with Gasteiger partial charge in [-0.15, -0.1) is 0 Å². The molecule has 0 fully saturated rings. The van der Waals surface area contributed by atoms with Crippen LogP contribution >= 0.6 is 0 Å². The van der Waals surface area contributed by atoms with Crippen molar-refractivity contribution in [3.63, 3.8) is 0 Å². The van der Waals surface area contributed by atoms with Crippen LogP contribution in [0.5, 0.6) is 5.75 Å². The van der Waals surface area contributed by atoms with E-state index < -0.39 is 24.5 Å². The van der Waals surface area contributed by atoms with Crippen molar-refractivity contribution in [2.75, 3.05) is 0 Å². The van der Waals surface area contributed by atoms with Gasteiger partial charge in [0.1, 0.15) is 17.7 Å². The van der Waals surface area contributed by atoms with E-state index in [1.165, 1.54) is 30.3 Å². The van der Waals surface area contributed by atoms with Crippen molar-refractivity contribution in [2.24, 2.45) is 0 Å². The van der Waals surface area contributed by atoms with E-state index in [-0.39, 0.29) is 12.0 Å². The van der Waals surface area contributed by atoms with Crippen molar-refractivity contribution < 1.29 is 23.0 Å². The molecule has 1 heterocycles. The van der Waals surface area contributed by atoms with Crippen LogP contribution in [0.15, 0.2) is 42.5 Å². The molecule has 1 aliphatic heterocycles. The molecule has 3 rings (SSSR count). The number of fused-ring (bicyclic) bond motifs is 1. The van der Waals surface area contributed by atoms with Gasteiger partial charge in [0.25, 0.3) is 6.43 Å². The number of ether oxygens (including phenoxy) is 1. The number of halogens is 3. The molecule has 0 bridgehead atoms. The third kappa shape index (κ3) is 2.74. The van der Waals surface area contributed by atoms with E-state index in [4.69, 9.17) is 4.74 Å². The van der Waals surface area contributed by atoms with Crippen LogP contribution in [0.3, 0.4) is 0 Å². The summed E-state index contributed by atoms with van der Waals surface area (Å²) >= 11 is 0. The number of rotatable bonds is 2. The van der Waals surface area contributed by atoms with Crippen molar-refractivity contribution in [3.8, 4) is 5.75 Å². The molecule has 2 nitrogen and oxygen atoms in total. The van der Waals surface area contributed by atoms with Gasteiger partial charge in [0.05, 0.1) is 6.10 Å². The maximum absolute atomic E-state index is 13.2. The van der Waals surface area contributed by atoms with Crippen molar-refractivity contribution in [1.29, 1.82) is 0 Å². The molecule has 0 aliphatic carbocycles.